The SMILES string of the molecule is C[C@H](CO)NCc1ccccn1. The van der Waals surface area contributed by atoms with Gasteiger partial charge in [0.1, 0.15) is 0 Å². The zero-order chi connectivity index (χ0) is 8.81. The van der Waals surface area contributed by atoms with Crippen LogP contribution in [0, 0.1) is 0 Å². The van der Waals surface area contributed by atoms with Crippen LogP contribution in [0.2, 0.25) is 0 Å². The maximum absolute atomic E-state index is 8.73. The van der Waals surface area contributed by atoms with Crippen LogP contribution in [0.4, 0.5) is 0 Å². The number of aromatic nitrogens is 1. The highest BCUT2D eigenvalue weighted by molar-refractivity contribution is 5.02. The zero-order valence-corrected chi connectivity index (χ0v) is 7.20. The predicted molar refractivity (Wildman–Crippen MR) is 47.6 cm³/mol. The minimum Gasteiger partial charge on any atom is -0.395 e. The van der Waals surface area contributed by atoms with Crippen molar-refractivity contribution in [3.8, 4) is 0 Å². The first-order valence-electron chi connectivity index (χ1n) is 4.07. The summed E-state index contributed by atoms with van der Waals surface area (Å²) < 4.78 is 0. The molecule has 0 aliphatic heterocycles. The summed E-state index contributed by atoms with van der Waals surface area (Å²) in [5.41, 5.74) is 0.998. The van der Waals surface area contributed by atoms with E-state index in [9.17, 15) is 0 Å². The summed E-state index contributed by atoms with van der Waals surface area (Å²) in [4.78, 5) is 4.14. The minimum absolute atomic E-state index is 0.131. The van der Waals surface area contributed by atoms with E-state index in [1.165, 1.54) is 0 Å². The number of hydrogen-bond donors (Lipinski definition) is 2. The van der Waals surface area contributed by atoms with Crippen molar-refractivity contribution in [2.45, 2.75) is 19.5 Å². The summed E-state index contributed by atoms with van der Waals surface area (Å²) in [6.07, 6.45) is 1.76. The lowest BCUT2D eigenvalue weighted by Crippen LogP contribution is -2.28. The van der Waals surface area contributed by atoms with Crippen LogP contribution < -0.4 is 5.32 Å². The van der Waals surface area contributed by atoms with Gasteiger partial charge in [-0.25, -0.2) is 0 Å². The second-order valence-electron chi connectivity index (χ2n) is 2.79. The predicted octanol–water partition coefficient (Wildman–Crippen LogP) is 0.552. The molecule has 0 bridgehead atoms. The second-order valence-corrected chi connectivity index (χ2v) is 2.79. The van der Waals surface area contributed by atoms with Crippen LogP contribution in [0.5, 0.6) is 0 Å². The molecule has 0 saturated carbocycles. The smallest absolute Gasteiger partial charge is 0.0582 e. The van der Waals surface area contributed by atoms with E-state index in [1.807, 2.05) is 25.1 Å². The van der Waals surface area contributed by atoms with Crippen molar-refractivity contribution < 1.29 is 5.11 Å². The van der Waals surface area contributed by atoms with E-state index in [-0.39, 0.29) is 12.6 Å². The molecule has 0 aliphatic rings. The first-order valence-corrected chi connectivity index (χ1v) is 4.07. The molecule has 1 atom stereocenters. The molecule has 1 aromatic heterocycles. The van der Waals surface area contributed by atoms with Gasteiger partial charge in [0.2, 0.25) is 0 Å². The fourth-order valence-electron chi connectivity index (χ4n) is 0.846. The average Bonchev–Trinajstić information content (AvgIpc) is 2.16. The Labute approximate surface area is 72.5 Å². The van der Waals surface area contributed by atoms with E-state index in [2.05, 4.69) is 10.3 Å². The Morgan fingerprint density at radius 3 is 3.00 bits per heavy atom. The number of rotatable bonds is 4. The molecule has 0 spiro atoms. The summed E-state index contributed by atoms with van der Waals surface area (Å²) in [7, 11) is 0. The van der Waals surface area contributed by atoms with Crippen LogP contribution in [0.15, 0.2) is 24.4 Å². The van der Waals surface area contributed by atoms with Gasteiger partial charge in [0, 0.05) is 18.8 Å². The quantitative estimate of drug-likeness (QED) is 0.686. The molecule has 1 heterocycles. The maximum Gasteiger partial charge on any atom is 0.0582 e. The van der Waals surface area contributed by atoms with Gasteiger partial charge in [0.15, 0.2) is 0 Å². The Kier molecular flexibility index (Phi) is 3.70. The number of aliphatic hydroxyl groups excluding tert-OH is 1. The van der Waals surface area contributed by atoms with E-state index in [0.717, 1.165) is 5.69 Å². The van der Waals surface area contributed by atoms with Crippen LogP contribution in [0.25, 0.3) is 0 Å². The van der Waals surface area contributed by atoms with E-state index >= 15 is 0 Å². The summed E-state index contributed by atoms with van der Waals surface area (Å²) in [5.74, 6) is 0. The molecule has 1 aromatic rings. The third-order valence-electron chi connectivity index (χ3n) is 1.63. The number of nitrogens with zero attached hydrogens (tertiary/aromatic N) is 1. The van der Waals surface area contributed by atoms with Crippen LogP contribution in [-0.4, -0.2) is 22.7 Å². The number of pyridine rings is 1. The Bertz CT molecular complexity index is 213. The fraction of sp³-hybridized carbons (Fsp3) is 0.444. The largest absolute Gasteiger partial charge is 0.395 e. The van der Waals surface area contributed by atoms with Crippen LogP contribution >= 0.6 is 0 Å². The van der Waals surface area contributed by atoms with Gasteiger partial charge in [-0.1, -0.05) is 6.07 Å². The molecule has 0 saturated heterocycles. The molecule has 0 unspecified atom stereocenters. The molecular formula is C9H14N2O. The first-order chi connectivity index (χ1) is 5.83. The molecule has 0 aromatic carbocycles. The number of aliphatic hydroxyl groups is 1. The highest BCUT2D eigenvalue weighted by Crippen LogP contribution is 1.92. The molecule has 3 heteroatoms. The maximum atomic E-state index is 8.73. The molecule has 0 fully saturated rings. The molecule has 3 nitrogen and oxygen atoms in total. The van der Waals surface area contributed by atoms with Gasteiger partial charge in [-0.2, -0.15) is 0 Å². The van der Waals surface area contributed by atoms with Crippen molar-refractivity contribution in [2.75, 3.05) is 6.61 Å². The van der Waals surface area contributed by atoms with Crippen LogP contribution in [0.3, 0.4) is 0 Å². The van der Waals surface area contributed by atoms with Gasteiger partial charge in [0.25, 0.3) is 0 Å². The highest BCUT2D eigenvalue weighted by Gasteiger charge is 1.98. The van der Waals surface area contributed by atoms with E-state index in [1.54, 1.807) is 6.20 Å². The van der Waals surface area contributed by atoms with E-state index in [0.29, 0.717) is 6.54 Å². The van der Waals surface area contributed by atoms with Crippen molar-refractivity contribution in [1.82, 2.24) is 10.3 Å². The summed E-state index contributed by atoms with van der Waals surface area (Å²) in [5, 5.41) is 11.9. The highest BCUT2D eigenvalue weighted by atomic mass is 16.3. The first kappa shape index (κ1) is 9.16. The van der Waals surface area contributed by atoms with Crippen molar-refractivity contribution in [1.29, 1.82) is 0 Å². The fourth-order valence-corrected chi connectivity index (χ4v) is 0.846. The van der Waals surface area contributed by atoms with Gasteiger partial charge < -0.3 is 10.4 Å². The Balaban J connectivity index is 2.33. The standard InChI is InChI=1S/C9H14N2O/c1-8(7-12)11-6-9-4-2-3-5-10-9/h2-5,8,11-12H,6-7H2,1H3/t8-/m1/s1. The lowest BCUT2D eigenvalue weighted by atomic mass is 10.3. The normalized spacial score (nSPS) is 12.8. The molecule has 66 valence electrons. The molecular weight excluding hydrogens is 152 g/mol. The van der Waals surface area contributed by atoms with Crippen molar-refractivity contribution >= 4 is 0 Å². The summed E-state index contributed by atoms with van der Waals surface area (Å²) in [6.45, 7) is 2.80. The molecule has 0 aliphatic carbocycles. The van der Waals surface area contributed by atoms with Crippen molar-refractivity contribution in [3.05, 3.63) is 30.1 Å². The zero-order valence-electron chi connectivity index (χ0n) is 7.20. The molecule has 12 heavy (non-hydrogen) atoms. The topological polar surface area (TPSA) is 45.1 Å². The average molecular weight is 166 g/mol. The van der Waals surface area contributed by atoms with Gasteiger partial charge in [0.05, 0.1) is 12.3 Å². The van der Waals surface area contributed by atoms with Gasteiger partial charge in [-0.3, -0.25) is 4.98 Å². The Morgan fingerprint density at radius 1 is 1.58 bits per heavy atom. The van der Waals surface area contributed by atoms with Crippen LogP contribution in [-0.2, 0) is 6.54 Å². The lowest BCUT2D eigenvalue weighted by Gasteiger charge is -2.09. The minimum atomic E-state index is 0.131. The molecule has 2 N–H and O–H groups in total. The van der Waals surface area contributed by atoms with Crippen LogP contribution in [0.1, 0.15) is 12.6 Å². The molecule has 1 rings (SSSR count). The third-order valence-corrected chi connectivity index (χ3v) is 1.63. The summed E-state index contributed by atoms with van der Waals surface area (Å²) >= 11 is 0. The second kappa shape index (κ2) is 4.85. The third kappa shape index (κ3) is 2.98. The Morgan fingerprint density at radius 2 is 2.42 bits per heavy atom. The van der Waals surface area contributed by atoms with Gasteiger partial charge in [-0.05, 0) is 19.1 Å². The number of nitrogens with one attached hydrogen (secondary N) is 1. The van der Waals surface area contributed by atoms with Crippen molar-refractivity contribution in [2.24, 2.45) is 0 Å². The summed E-state index contributed by atoms with van der Waals surface area (Å²) in [6, 6.07) is 5.93. The van der Waals surface area contributed by atoms with Gasteiger partial charge in [-0.15, -0.1) is 0 Å². The molecule has 0 amide bonds. The lowest BCUT2D eigenvalue weighted by molar-refractivity contribution is 0.250. The van der Waals surface area contributed by atoms with E-state index < -0.39 is 0 Å². The van der Waals surface area contributed by atoms with Gasteiger partial charge >= 0.3 is 0 Å². The van der Waals surface area contributed by atoms with E-state index in [4.69, 9.17) is 5.11 Å². The monoisotopic (exact) mass is 166 g/mol. The Hall–Kier alpha value is -0.930. The molecule has 0 radical (unpaired) electrons. The number of hydrogen-bond acceptors (Lipinski definition) is 3. The van der Waals surface area contributed by atoms with Crippen molar-refractivity contribution in [3.63, 3.8) is 0 Å².